The normalized spacial score (nSPS) is 11.0. The monoisotopic (exact) mass is 505 g/mol. The molecule has 3 aromatic rings. The zero-order valence-electron chi connectivity index (χ0n) is 16.9. The number of rotatable bonds is 8. The van der Waals surface area contributed by atoms with E-state index < -0.39 is 0 Å². The van der Waals surface area contributed by atoms with Crippen LogP contribution in [0.2, 0.25) is 0 Å². The van der Waals surface area contributed by atoms with Crippen LogP contribution < -0.4 is 10.6 Å². The Morgan fingerprint density at radius 2 is 1.55 bits per heavy atom. The van der Waals surface area contributed by atoms with Crippen LogP contribution in [-0.2, 0) is 19.3 Å². The van der Waals surface area contributed by atoms with E-state index in [2.05, 4.69) is 62.2 Å². The van der Waals surface area contributed by atoms with Crippen LogP contribution in [0.3, 0.4) is 0 Å². The van der Waals surface area contributed by atoms with E-state index in [1.165, 1.54) is 11.1 Å². The summed E-state index contributed by atoms with van der Waals surface area (Å²) in [4.78, 5) is 8.64. The van der Waals surface area contributed by atoms with Crippen LogP contribution in [0.5, 0.6) is 0 Å². The minimum atomic E-state index is 0. The van der Waals surface area contributed by atoms with E-state index in [0.717, 1.165) is 49.7 Å². The fourth-order valence-electron chi connectivity index (χ4n) is 2.84. The minimum Gasteiger partial charge on any atom is -0.356 e. The molecular weight excluding hydrogens is 477 g/mol. The van der Waals surface area contributed by atoms with Crippen molar-refractivity contribution in [3.8, 4) is 11.5 Å². The van der Waals surface area contributed by atoms with Crippen LogP contribution in [0, 0.1) is 0 Å². The molecule has 0 aliphatic rings. The van der Waals surface area contributed by atoms with Gasteiger partial charge in [0, 0.05) is 32.1 Å². The average molecular weight is 505 g/mol. The summed E-state index contributed by atoms with van der Waals surface area (Å²) in [6.45, 7) is 3.67. The lowest BCUT2D eigenvalue weighted by Crippen LogP contribution is -2.39. The SMILES string of the molecule is CCc1noc(-c2ccc(CCNC(=NC)NCCc3ccccc3)cc2)n1.I. The van der Waals surface area contributed by atoms with Crippen molar-refractivity contribution < 1.29 is 4.52 Å². The second kappa shape index (κ2) is 12.2. The van der Waals surface area contributed by atoms with Crippen molar-refractivity contribution in [1.29, 1.82) is 0 Å². The van der Waals surface area contributed by atoms with Crippen LogP contribution in [0.25, 0.3) is 11.5 Å². The van der Waals surface area contributed by atoms with Crippen LogP contribution in [0.4, 0.5) is 0 Å². The van der Waals surface area contributed by atoms with Gasteiger partial charge in [-0.3, -0.25) is 4.99 Å². The highest BCUT2D eigenvalue weighted by Crippen LogP contribution is 2.18. The molecule has 7 heteroatoms. The quantitative estimate of drug-likeness (QED) is 0.276. The Labute approximate surface area is 189 Å². The molecule has 29 heavy (non-hydrogen) atoms. The molecule has 6 nitrogen and oxygen atoms in total. The lowest BCUT2D eigenvalue weighted by atomic mass is 10.1. The molecule has 0 radical (unpaired) electrons. The van der Waals surface area contributed by atoms with Crippen molar-refractivity contribution >= 4 is 29.9 Å². The Kier molecular flexibility index (Phi) is 9.63. The van der Waals surface area contributed by atoms with Crippen LogP contribution >= 0.6 is 24.0 Å². The summed E-state index contributed by atoms with van der Waals surface area (Å²) < 4.78 is 5.28. The first-order valence-corrected chi connectivity index (χ1v) is 9.69. The Bertz CT molecular complexity index is 878. The second-order valence-electron chi connectivity index (χ2n) is 6.48. The highest BCUT2D eigenvalue weighted by molar-refractivity contribution is 14.0. The van der Waals surface area contributed by atoms with Gasteiger partial charge in [-0.05, 0) is 36.1 Å². The molecule has 2 N–H and O–H groups in total. The average Bonchev–Trinajstić information content (AvgIpc) is 3.23. The van der Waals surface area contributed by atoms with Crippen LogP contribution in [0.1, 0.15) is 23.9 Å². The number of aromatic nitrogens is 2. The Hall–Kier alpha value is -2.42. The summed E-state index contributed by atoms with van der Waals surface area (Å²) in [5.74, 6) is 2.13. The molecule has 0 saturated carbocycles. The number of guanidine groups is 1. The first-order chi connectivity index (χ1) is 13.8. The highest BCUT2D eigenvalue weighted by atomic mass is 127. The molecule has 154 valence electrons. The summed E-state index contributed by atoms with van der Waals surface area (Å²) in [6, 6.07) is 18.7. The predicted molar refractivity (Wildman–Crippen MR) is 128 cm³/mol. The number of benzene rings is 2. The lowest BCUT2D eigenvalue weighted by Gasteiger charge is -2.12. The number of hydrogen-bond donors (Lipinski definition) is 2. The van der Waals surface area contributed by atoms with Gasteiger partial charge in [0.1, 0.15) is 0 Å². The van der Waals surface area contributed by atoms with E-state index in [1.807, 2.05) is 25.1 Å². The van der Waals surface area contributed by atoms with Crippen molar-refractivity contribution in [3.05, 3.63) is 71.5 Å². The maximum Gasteiger partial charge on any atom is 0.257 e. The maximum atomic E-state index is 5.28. The molecule has 0 bridgehead atoms. The van der Waals surface area contributed by atoms with Crippen LogP contribution in [-0.4, -0.2) is 36.2 Å². The number of aryl methyl sites for hydroxylation is 1. The standard InChI is InChI=1S/C22H27N5O.HI/c1-3-20-26-21(28-27-20)19-11-9-18(10-12-19)14-16-25-22(23-2)24-15-13-17-7-5-4-6-8-17;/h4-12H,3,13-16H2,1-2H3,(H2,23,24,25);1H. The zero-order valence-corrected chi connectivity index (χ0v) is 19.2. The first kappa shape index (κ1) is 22.9. The van der Waals surface area contributed by atoms with Crippen molar-refractivity contribution in [2.45, 2.75) is 26.2 Å². The third-order valence-electron chi connectivity index (χ3n) is 4.46. The summed E-state index contributed by atoms with van der Waals surface area (Å²) in [5, 5.41) is 10.7. The largest absolute Gasteiger partial charge is 0.356 e. The van der Waals surface area contributed by atoms with E-state index >= 15 is 0 Å². The minimum absolute atomic E-state index is 0. The molecule has 0 amide bonds. The number of nitrogens with zero attached hydrogens (tertiary/aromatic N) is 3. The van der Waals surface area contributed by atoms with E-state index in [-0.39, 0.29) is 24.0 Å². The van der Waals surface area contributed by atoms with Crippen LogP contribution in [0.15, 0.2) is 64.1 Å². The number of aliphatic imine (C=N–C) groups is 1. The molecule has 0 aliphatic heterocycles. The molecule has 1 aromatic heterocycles. The van der Waals surface area contributed by atoms with E-state index in [4.69, 9.17) is 4.52 Å². The van der Waals surface area contributed by atoms with Crippen molar-refractivity contribution in [2.24, 2.45) is 4.99 Å². The maximum absolute atomic E-state index is 5.28. The molecule has 3 rings (SSSR count). The van der Waals surface area contributed by atoms with Gasteiger partial charge in [-0.2, -0.15) is 4.98 Å². The molecule has 1 heterocycles. The van der Waals surface area contributed by atoms with Gasteiger partial charge in [0.15, 0.2) is 11.8 Å². The molecule has 2 aromatic carbocycles. The third-order valence-corrected chi connectivity index (χ3v) is 4.46. The Morgan fingerprint density at radius 3 is 2.10 bits per heavy atom. The summed E-state index contributed by atoms with van der Waals surface area (Å²) in [6.07, 6.45) is 2.65. The topological polar surface area (TPSA) is 75.3 Å². The fourth-order valence-corrected chi connectivity index (χ4v) is 2.84. The lowest BCUT2D eigenvalue weighted by molar-refractivity contribution is 0.423. The molecule has 0 aliphatic carbocycles. The summed E-state index contributed by atoms with van der Waals surface area (Å²) >= 11 is 0. The smallest absolute Gasteiger partial charge is 0.257 e. The first-order valence-electron chi connectivity index (χ1n) is 9.69. The fraction of sp³-hybridized carbons (Fsp3) is 0.318. The summed E-state index contributed by atoms with van der Waals surface area (Å²) in [7, 11) is 1.79. The molecule has 0 unspecified atom stereocenters. The van der Waals surface area contributed by atoms with Crippen molar-refractivity contribution in [2.75, 3.05) is 20.1 Å². The van der Waals surface area contributed by atoms with Gasteiger partial charge in [0.05, 0.1) is 0 Å². The van der Waals surface area contributed by atoms with Gasteiger partial charge in [0.25, 0.3) is 5.89 Å². The van der Waals surface area contributed by atoms with Crippen molar-refractivity contribution in [1.82, 2.24) is 20.8 Å². The molecule has 0 saturated heterocycles. The number of halogens is 1. The van der Waals surface area contributed by atoms with Gasteiger partial charge in [-0.25, -0.2) is 0 Å². The zero-order chi connectivity index (χ0) is 19.6. The van der Waals surface area contributed by atoms with E-state index in [1.54, 1.807) is 7.05 Å². The highest BCUT2D eigenvalue weighted by Gasteiger charge is 2.07. The van der Waals surface area contributed by atoms with Gasteiger partial charge >= 0.3 is 0 Å². The summed E-state index contributed by atoms with van der Waals surface area (Å²) in [5.41, 5.74) is 3.51. The molecule has 0 atom stereocenters. The second-order valence-corrected chi connectivity index (χ2v) is 6.48. The van der Waals surface area contributed by atoms with E-state index in [9.17, 15) is 0 Å². The van der Waals surface area contributed by atoms with Gasteiger partial charge in [-0.15, -0.1) is 24.0 Å². The van der Waals surface area contributed by atoms with E-state index in [0.29, 0.717) is 5.89 Å². The van der Waals surface area contributed by atoms with Gasteiger partial charge in [0.2, 0.25) is 0 Å². The Balaban J connectivity index is 0.00000300. The molecular formula is C22H28IN5O. The molecule has 0 spiro atoms. The van der Waals surface area contributed by atoms with Crippen molar-refractivity contribution in [3.63, 3.8) is 0 Å². The molecule has 0 fully saturated rings. The number of hydrogen-bond acceptors (Lipinski definition) is 4. The Morgan fingerprint density at radius 1 is 0.931 bits per heavy atom. The van der Waals surface area contributed by atoms with Gasteiger partial charge in [-0.1, -0.05) is 54.5 Å². The third kappa shape index (κ3) is 7.16. The number of nitrogens with one attached hydrogen (secondary N) is 2. The van der Waals surface area contributed by atoms with Gasteiger partial charge < -0.3 is 15.2 Å². The predicted octanol–water partition coefficient (Wildman–Crippen LogP) is 3.87.